The molecule has 0 bridgehead atoms. The smallest absolute Gasteiger partial charge is 0.377 e. The molecule has 0 saturated heterocycles. The molecule has 0 N–H and O–H groups in total. The molecule has 4 nitrogen and oxygen atoms in total. The molecule has 0 aliphatic heterocycles. The first-order valence-electron chi connectivity index (χ1n) is 4.83. The average molecular weight is 301 g/mol. The number of ether oxygens (including phenoxy) is 3. The summed E-state index contributed by atoms with van der Waals surface area (Å²) in [5.41, 5.74) is 0.902. The Morgan fingerprint density at radius 3 is 2.65 bits per heavy atom. The highest BCUT2D eigenvalue weighted by Crippen LogP contribution is 2.24. The molecule has 0 amide bonds. The van der Waals surface area contributed by atoms with E-state index in [1.165, 1.54) is 20.5 Å². The highest BCUT2D eigenvalue weighted by molar-refractivity contribution is 9.10. The van der Waals surface area contributed by atoms with Gasteiger partial charge in [-0.1, -0.05) is 22.0 Å². The zero-order valence-electron chi connectivity index (χ0n) is 9.82. The fourth-order valence-corrected chi connectivity index (χ4v) is 1.46. The van der Waals surface area contributed by atoms with Crippen LogP contribution in [0.4, 0.5) is 0 Å². The number of aryl methyl sites for hydroxylation is 1. The topological polar surface area (TPSA) is 44.8 Å². The number of halogens is 1. The third-order valence-corrected chi connectivity index (χ3v) is 2.47. The van der Waals surface area contributed by atoms with E-state index >= 15 is 0 Å². The number of rotatable bonds is 4. The molecule has 0 aromatic heterocycles. The summed E-state index contributed by atoms with van der Waals surface area (Å²) in [6.07, 6.45) is 1.20. The molecule has 0 spiro atoms. The summed E-state index contributed by atoms with van der Waals surface area (Å²) in [6.45, 7) is 1.88. The van der Waals surface area contributed by atoms with E-state index in [2.05, 4.69) is 20.7 Å². The van der Waals surface area contributed by atoms with Crippen molar-refractivity contribution < 1.29 is 19.0 Å². The molecule has 0 saturated carbocycles. The summed E-state index contributed by atoms with van der Waals surface area (Å²) in [4.78, 5) is 11.4. The second-order valence-corrected chi connectivity index (χ2v) is 4.14. The van der Waals surface area contributed by atoms with Crippen LogP contribution in [0.1, 0.15) is 5.56 Å². The van der Waals surface area contributed by atoms with Crippen molar-refractivity contribution in [3.63, 3.8) is 0 Å². The number of carbonyl (C=O) groups excluding carboxylic acids is 1. The number of esters is 1. The summed E-state index contributed by atoms with van der Waals surface area (Å²) in [7, 11) is 2.71. The van der Waals surface area contributed by atoms with Gasteiger partial charge < -0.3 is 14.2 Å². The summed E-state index contributed by atoms with van der Waals surface area (Å²) in [5.74, 6) is -0.0319. The van der Waals surface area contributed by atoms with Gasteiger partial charge in [0.2, 0.25) is 5.76 Å². The van der Waals surface area contributed by atoms with E-state index in [1.54, 1.807) is 6.07 Å². The van der Waals surface area contributed by atoms with Gasteiger partial charge in [0.1, 0.15) is 12.0 Å². The largest absolute Gasteiger partial charge is 0.500 e. The molecule has 1 aromatic carbocycles. The van der Waals surface area contributed by atoms with Crippen LogP contribution in [0.25, 0.3) is 0 Å². The first kappa shape index (κ1) is 13.6. The predicted molar refractivity (Wildman–Crippen MR) is 66.6 cm³/mol. The van der Waals surface area contributed by atoms with Gasteiger partial charge in [-0.05, 0) is 24.6 Å². The van der Waals surface area contributed by atoms with Gasteiger partial charge in [-0.15, -0.1) is 0 Å². The first-order chi connectivity index (χ1) is 8.08. The van der Waals surface area contributed by atoms with Gasteiger partial charge in [0.25, 0.3) is 0 Å². The van der Waals surface area contributed by atoms with Crippen molar-refractivity contribution in [2.75, 3.05) is 14.2 Å². The van der Waals surface area contributed by atoms with Gasteiger partial charge in [-0.25, -0.2) is 4.79 Å². The van der Waals surface area contributed by atoms with Crippen molar-refractivity contribution >= 4 is 21.9 Å². The highest BCUT2D eigenvalue weighted by Gasteiger charge is 2.14. The summed E-state index contributed by atoms with van der Waals surface area (Å²) in [6, 6.07) is 5.53. The molecule has 0 unspecified atom stereocenters. The zero-order chi connectivity index (χ0) is 12.8. The Kier molecular flexibility index (Phi) is 5.03. The van der Waals surface area contributed by atoms with Gasteiger partial charge in [-0.3, -0.25) is 0 Å². The molecular weight excluding hydrogens is 288 g/mol. The van der Waals surface area contributed by atoms with Gasteiger partial charge in [0, 0.05) is 4.47 Å². The molecule has 0 aliphatic rings. The summed E-state index contributed by atoms with van der Waals surface area (Å²) >= 11 is 3.33. The van der Waals surface area contributed by atoms with Crippen LogP contribution < -0.4 is 4.74 Å². The van der Waals surface area contributed by atoms with E-state index in [0.29, 0.717) is 5.75 Å². The molecule has 92 valence electrons. The Balaban J connectivity index is 2.97. The molecule has 1 rings (SSSR count). The number of hydrogen-bond acceptors (Lipinski definition) is 4. The van der Waals surface area contributed by atoms with E-state index in [0.717, 1.165) is 10.0 Å². The highest BCUT2D eigenvalue weighted by atomic mass is 79.9. The minimum atomic E-state index is -0.591. The third kappa shape index (κ3) is 3.78. The lowest BCUT2D eigenvalue weighted by Crippen LogP contribution is -2.11. The van der Waals surface area contributed by atoms with Crippen LogP contribution in [-0.2, 0) is 14.3 Å². The minimum absolute atomic E-state index is 0.00352. The maximum atomic E-state index is 11.4. The molecule has 5 heteroatoms. The van der Waals surface area contributed by atoms with Crippen LogP contribution in [-0.4, -0.2) is 20.2 Å². The molecule has 0 fully saturated rings. The quantitative estimate of drug-likeness (QED) is 0.487. The predicted octanol–water partition coefficient (Wildman–Crippen LogP) is 2.80. The molecule has 0 atom stereocenters. The molecule has 1 aromatic rings. The van der Waals surface area contributed by atoms with Gasteiger partial charge in [0.15, 0.2) is 0 Å². The molecule has 17 heavy (non-hydrogen) atoms. The van der Waals surface area contributed by atoms with Crippen molar-refractivity contribution in [1.82, 2.24) is 0 Å². The SMILES string of the molecule is COC=C(Oc1cc(Br)ccc1C)C(=O)OC. The Hall–Kier alpha value is -1.49. The first-order valence-corrected chi connectivity index (χ1v) is 5.63. The van der Waals surface area contributed by atoms with Crippen molar-refractivity contribution in [2.45, 2.75) is 6.92 Å². The van der Waals surface area contributed by atoms with Crippen molar-refractivity contribution in [3.8, 4) is 5.75 Å². The van der Waals surface area contributed by atoms with Crippen molar-refractivity contribution in [1.29, 1.82) is 0 Å². The maximum absolute atomic E-state index is 11.4. The normalized spacial score (nSPS) is 10.9. The van der Waals surface area contributed by atoms with Crippen LogP contribution in [0.2, 0.25) is 0 Å². The zero-order valence-corrected chi connectivity index (χ0v) is 11.4. The lowest BCUT2D eigenvalue weighted by molar-refractivity contribution is -0.138. The summed E-state index contributed by atoms with van der Waals surface area (Å²) < 4.78 is 15.7. The Morgan fingerprint density at radius 1 is 1.35 bits per heavy atom. The average Bonchev–Trinajstić information content (AvgIpc) is 2.32. The molecular formula is C12H13BrO4. The second-order valence-electron chi connectivity index (χ2n) is 3.22. The number of hydrogen-bond donors (Lipinski definition) is 0. The van der Waals surface area contributed by atoms with Crippen LogP contribution in [0.15, 0.2) is 34.7 Å². The fraction of sp³-hybridized carbons (Fsp3) is 0.250. The van der Waals surface area contributed by atoms with E-state index in [-0.39, 0.29) is 5.76 Å². The lowest BCUT2D eigenvalue weighted by Gasteiger charge is -2.10. The van der Waals surface area contributed by atoms with Crippen molar-refractivity contribution in [3.05, 3.63) is 40.3 Å². The van der Waals surface area contributed by atoms with Crippen LogP contribution >= 0.6 is 15.9 Å². The Morgan fingerprint density at radius 2 is 2.06 bits per heavy atom. The van der Waals surface area contributed by atoms with E-state index < -0.39 is 5.97 Å². The van der Waals surface area contributed by atoms with Gasteiger partial charge in [0.05, 0.1) is 14.2 Å². The monoisotopic (exact) mass is 300 g/mol. The Labute approximate surface area is 108 Å². The van der Waals surface area contributed by atoms with Crippen LogP contribution in [0, 0.1) is 6.92 Å². The molecule has 0 aliphatic carbocycles. The fourth-order valence-electron chi connectivity index (χ4n) is 1.12. The van der Waals surface area contributed by atoms with Gasteiger partial charge >= 0.3 is 5.97 Å². The standard InChI is InChI=1S/C12H13BrO4/c1-8-4-5-9(13)6-10(8)17-11(7-15-2)12(14)16-3/h4-7H,1-3H3. The van der Waals surface area contributed by atoms with E-state index in [1.807, 2.05) is 19.1 Å². The van der Waals surface area contributed by atoms with Gasteiger partial charge in [-0.2, -0.15) is 0 Å². The van der Waals surface area contributed by atoms with Crippen LogP contribution in [0.3, 0.4) is 0 Å². The Bertz CT molecular complexity index is 440. The minimum Gasteiger partial charge on any atom is -0.500 e. The third-order valence-electron chi connectivity index (χ3n) is 1.98. The maximum Gasteiger partial charge on any atom is 0.377 e. The molecule has 0 radical (unpaired) electrons. The summed E-state index contributed by atoms with van der Waals surface area (Å²) in [5, 5.41) is 0. The number of methoxy groups -OCH3 is 2. The van der Waals surface area contributed by atoms with E-state index in [9.17, 15) is 4.79 Å². The second kappa shape index (κ2) is 6.30. The number of carbonyl (C=O) groups is 1. The van der Waals surface area contributed by atoms with Crippen molar-refractivity contribution in [2.24, 2.45) is 0 Å². The van der Waals surface area contributed by atoms with Crippen LogP contribution in [0.5, 0.6) is 5.75 Å². The number of benzene rings is 1. The lowest BCUT2D eigenvalue weighted by atomic mass is 10.2. The van der Waals surface area contributed by atoms with E-state index in [4.69, 9.17) is 9.47 Å². The molecule has 0 heterocycles.